The molecule has 3 N–H and O–H groups in total. The van der Waals surface area contributed by atoms with Crippen molar-refractivity contribution in [3.63, 3.8) is 0 Å². The van der Waals surface area contributed by atoms with Gasteiger partial charge in [0, 0.05) is 17.7 Å². The molecule has 2 nitrogen and oxygen atoms in total. The van der Waals surface area contributed by atoms with Crippen LogP contribution in [0.2, 0.25) is 0 Å². The van der Waals surface area contributed by atoms with Crippen LogP contribution in [0, 0.1) is 11.6 Å². The maximum absolute atomic E-state index is 13.3. The minimum atomic E-state index is -0.691. The van der Waals surface area contributed by atoms with Crippen LogP contribution in [0.3, 0.4) is 0 Å². The smallest absolute Gasteiger partial charge is 0.149 e. The molecular formula is C10H12F2N2. The molecule has 1 fully saturated rings. The average molecular weight is 198 g/mol. The van der Waals surface area contributed by atoms with Crippen molar-refractivity contribution < 1.29 is 8.78 Å². The summed E-state index contributed by atoms with van der Waals surface area (Å²) in [7, 11) is 0. The summed E-state index contributed by atoms with van der Waals surface area (Å²) in [5, 5.41) is 3.14. The number of hydrogen-bond acceptors (Lipinski definition) is 2. The topological polar surface area (TPSA) is 38.0 Å². The van der Waals surface area contributed by atoms with E-state index in [-0.39, 0.29) is 11.7 Å². The normalized spacial score (nSPS) is 21.4. The summed E-state index contributed by atoms with van der Waals surface area (Å²) in [6.07, 6.45) is 1.89. The van der Waals surface area contributed by atoms with E-state index in [2.05, 4.69) is 5.32 Å². The van der Waals surface area contributed by atoms with E-state index in [1.165, 1.54) is 6.07 Å². The fraction of sp³-hybridized carbons (Fsp3) is 0.400. The zero-order valence-electron chi connectivity index (χ0n) is 7.69. The Hall–Kier alpha value is -1.16. The molecule has 0 aliphatic carbocycles. The van der Waals surface area contributed by atoms with E-state index >= 15 is 0 Å². The van der Waals surface area contributed by atoms with Gasteiger partial charge >= 0.3 is 0 Å². The maximum atomic E-state index is 13.3. The molecule has 76 valence electrons. The van der Waals surface area contributed by atoms with E-state index in [1.807, 2.05) is 0 Å². The molecule has 0 amide bonds. The number of rotatable bonds is 1. The number of nitrogen functional groups attached to an aromatic ring is 1. The summed E-state index contributed by atoms with van der Waals surface area (Å²) in [6.45, 7) is 0.876. The third-order valence-electron chi connectivity index (χ3n) is 2.55. The first kappa shape index (κ1) is 9.40. The van der Waals surface area contributed by atoms with Crippen molar-refractivity contribution in [1.82, 2.24) is 5.32 Å². The van der Waals surface area contributed by atoms with Crippen LogP contribution in [0.25, 0.3) is 0 Å². The van der Waals surface area contributed by atoms with Crippen molar-refractivity contribution >= 4 is 5.69 Å². The SMILES string of the molecule is Nc1cc(C2CCCN2)c(F)cc1F. The Morgan fingerprint density at radius 3 is 2.71 bits per heavy atom. The number of nitrogens with one attached hydrogen (secondary N) is 1. The first-order chi connectivity index (χ1) is 6.68. The van der Waals surface area contributed by atoms with Crippen LogP contribution in [-0.2, 0) is 0 Å². The largest absolute Gasteiger partial charge is 0.396 e. The Morgan fingerprint density at radius 1 is 1.29 bits per heavy atom. The van der Waals surface area contributed by atoms with Crippen molar-refractivity contribution in [1.29, 1.82) is 0 Å². The molecule has 1 saturated heterocycles. The summed E-state index contributed by atoms with van der Waals surface area (Å²) in [4.78, 5) is 0. The highest BCUT2D eigenvalue weighted by Gasteiger charge is 2.20. The van der Waals surface area contributed by atoms with E-state index in [1.54, 1.807) is 0 Å². The summed E-state index contributed by atoms with van der Waals surface area (Å²) in [5.41, 5.74) is 5.87. The fourth-order valence-corrected chi connectivity index (χ4v) is 1.80. The molecule has 14 heavy (non-hydrogen) atoms. The van der Waals surface area contributed by atoms with Gasteiger partial charge < -0.3 is 11.1 Å². The average Bonchev–Trinajstić information content (AvgIpc) is 2.64. The summed E-state index contributed by atoms with van der Waals surface area (Å²) < 4.78 is 26.2. The highest BCUT2D eigenvalue weighted by atomic mass is 19.1. The Morgan fingerprint density at radius 2 is 2.07 bits per heavy atom. The van der Waals surface area contributed by atoms with Gasteiger partial charge in [-0.15, -0.1) is 0 Å². The molecule has 1 aromatic carbocycles. The van der Waals surface area contributed by atoms with Crippen LogP contribution in [0.4, 0.5) is 14.5 Å². The van der Waals surface area contributed by atoms with Gasteiger partial charge in [0.15, 0.2) is 0 Å². The molecule has 1 aliphatic rings. The van der Waals surface area contributed by atoms with Crippen molar-refractivity contribution in [3.8, 4) is 0 Å². The van der Waals surface area contributed by atoms with Crippen LogP contribution in [0.1, 0.15) is 24.4 Å². The predicted octanol–water partition coefficient (Wildman–Crippen LogP) is 1.97. The summed E-state index contributed by atoms with van der Waals surface area (Å²) in [5.74, 6) is -1.21. The van der Waals surface area contributed by atoms with Crippen molar-refractivity contribution in [2.75, 3.05) is 12.3 Å². The van der Waals surface area contributed by atoms with Crippen LogP contribution in [0.5, 0.6) is 0 Å². The zero-order valence-corrected chi connectivity index (χ0v) is 7.69. The van der Waals surface area contributed by atoms with Gasteiger partial charge in [0.2, 0.25) is 0 Å². The fourth-order valence-electron chi connectivity index (χ4n) is 1.80. The third kappa shape index (κ3) is 1.57. The van der Waals surface area contributed by atoms with Gasteiger partial charge in [-0.25, -0.2) is 8.78 Å². The van der Waals surface area contributed by atoms with Crippen molar-refractivity contribution in [2.45, 2.75) is 18.9 Å². The lowest BCUT2D eigenvalue weighted by Crippen LogP contribution is -2.15. The third-order valence-corrected chi connectivity index (χ3v) is 2.55. The van der Waals surface area contributed by atoms with Gasteiger partial charge in [0.05, 0.1) is 5.69 Å². The molecule has 1 aromatic rings. The molecule has 2 rings (SSSR count). The van der Waals surface area contributed by atoms with Crippen LogP contribution in [0.15, 0.2) is 12.1 Å². The Balaban J connectivity index is 2.37. The van der Waals surface area contributed by atoms with Gasteiger partial charge in [0.1, 0.15) is 11.6 Å². The number of hydrogen-bond donors (Lipinski definition) is 2. The molecule has 0 bridgehead atoms. The second kappa shape index (κ2) is 3.53. The molecule has 1 unspecified atom stereocenters. The first-order valence-electron chi connectivity index (χ1n) is 4.66. The molecule has 0 aromatic heterocycles. The van der Waals surface area contributed by atoms with E-state index in [0.717, 1.165) is 25.5 Å². The van der Waals surface area contributed by atoms with E-state index in [9.17, 15) is 8.78 Å². The second-order valence-corrected chi connectivity index (χ2v) is 3.54. The highest BCUT2D eigenvalue weighted by molar-refractivity contribution is 5.44. The van der Waals surface area contributed by atoms with Crippen LogP contribution in [-0.4, -0.2) is 6.54 Å². The first-order valence-corrected chi connectivity index (χ1v) is 4.66. The van der Waals surface area contributed by atoms with Gasteiger partial charge in [-0.05, 0) is 25.5 Å². The standard InChI is InChI=1S/C10H12F2N2/c11-7-5-8(12)9(13)4-6(7)10-2-1-3-14-10/h4-5,10,14H,1-3,13H2. The van der Waals surface area contributed by atoms with Gasteiger partial charge in [-0.3, -0.25) is 0 Å². The van der Waals surface area contributed by atoms with Crippen molar-refractivity contribution in [3.05, 3.63) is 29.3 Å². The second-order valence-electron chi connectivity index (χ2n) is 3.54. The summed E-state index contributed by atoms with van der Waals surface area (Å²) >= 11 is 0. The lowest BCUT2D eigenvalue weighted by molar-refractivity contribution is 0.541. The minimum Gasteiger partial charge on any atom is -0.396 e. The van der Waals surface area contributed by atoms with Crippen molar-refractivity contribution in [2.24, 2.45) is 0 Å². The van der Waals surface area contributed by atoms with Crippen LogP contribution < -0.4 is 11.1 Å². The van der Waals surface area contributed by atoms with E-state index < -0.39 is 11.6 Å². The minimum absolute atomic E-state index is 0.00935. The van der Waals surface area contributed by atoms with E-state index in [4.69, 9.17) is 5.73 Å². The Kier molecular flexibility index (Phi) is 2.37. The lowest BCUT2D eigenvalue weighted by Gasteiger charge is -2.12. The quantitative estimate of drug-likeness (QED) is 0.677. The highest BCUT2D eigenvalue weighted by Crippen LogP contribution is 2.28. The number of halogens is 2. The molecule has 1 aliphatic heterocycles. The molecule has 0 spiro atoms. The molecule has 4 heteroatoms. The van der Waals surface area contributed by atoms with Gasteiger partial charge in [0.25, 0.3) is 0 Å². The molecule has 0 radical (unpaired) electrons. The summed E-state index contributed by atoms with van der Waals surface area (Å²) in [6, 6.07) is 2.22. The molecular weight excluding hydrogens is 186 g/mol. The van der Waals surface area contributed by atoms with E-state index in [0.29, 0.717) is 5.56 Å². The maximum Gasteiger partial charge on any atom is 0.149 e. The predicted molar refractivity (Wildman–Crippen MR) is 50.7 cm³/mol. The number of nitrogens with two attached hydrogens (primary N) is 1. The monoisotopic (exact) mass is 198 g/mol. The number of anilines is 1. The molecule has 1 atom stereocenters. The lowest BCUT2D eigenvalue weighted by atomic mass is 10.0. The Labute approximate surface area is 81.1 Å². The zero-order chi connectivity index (χ0) is 10.1. The molecule has 0 saturated carbocycles. The molecule has 1 heterocycles. The van der Waals surface area contributed by atoms with Gasteiger partial charge in [-0.2, -0.15) is 0 Å². The van der Waals surface area contributed by atoms with Gasteiger partial charge in [-0.1, -0.05) is 0 Å². The Bertz CT molecular complexity index is 346. The number of benzene rings is 1. The van der Waals surface area contributed by atoms with Crippen LogP contribution >= 0.6 is 0 Å².